The molecule has 4 heteroatoms. The maximum atomic E-state index is 10.7. The summed E-state index contributed by atoms with van der Waals surface area (Å²) in [5, 5.41) is 9.06. The van der Waals surface area contributed by atoms with E-state index in [1.54, 1.807) is 0 Å². The van der Waals surface area contributed by atoms with Gasteiger partial charge in [0.15, 0.2) is 0 Å². The fraction of sp³-hybridized carbons (Fsp3) is 0.667. The zero-order chi connectivity index (χ0) is 9.68. The largest absolute Gasteiger partial charge is 0.465 e. The molecule has 0 bridgehead atoms. The number of hydrogen-bond donors (Lipinski definition) is 1. The van der Waals surface area contributed by atoms with Gasteiger partial charge < -0.3 is 14.6 Å². The number of aliphatic hydroxyl groups excluding tert-OH is 1. The van der Waals surface area contributed by atoms with E-state index in [-0.39, 0.29) is 0 Å². The average molecular weight is 186 g/mol. The number of rotatable bonds is 4. The molecular formula is C9H14O4. The number of allylic oxidation sites excluding steroid dienone is 1. The zero-order valence-corrected chi connectivity index (χ0v) is 7.60. The van der Waals surface area contributed by atoms with Crippen molar-refractivity contribution in [3.63, 3.8) is 0 Å². The molecule has 4 nitrogen and oxygen atoms in total. The predicted molar refractivity (Wildman–Crippen MR) is 45.8 cm³/mol. The minimum absolute atomic E-state index is 0.319. The molecule has 0 radical (unpaired) electrons. The highest BCUT2D eigenvalue weighted by atomic mass is 16.6. The van der Waals surface area contributed by atoms with E-state index in [4.69, 9.17) is 9.84 Å². The quantitative estimate of drug-likeness (QED) is 0.393. The molecule has 2 unspecified atom stereocenters. The van der Waals surface area contributed by atoms with Gasteiger partial charge in [0.2, 0.25) is 0 Å². The first kappa shape index (κ1) is 10.2. The van der Waals surface area contributed by atoms with Crippen LogP contribution >= 0.6 is 0 Å². The first-order valence-corrected chi connectivity index (χ1v) is 4.28. The van der Waals surface area contributed by atoms with E-state index in [0.717, 1.165) is 12.8 Å². The van der Waals surface area contributed by atoms with Gasteiger partial charge in [0.25, 0.3) is 6.29 Å². The van der Waals surface area contributed by atoms with Crippen molar-refractivity contribution in [2.24, 2.45) is 5.92 Å². The van der Waals surface area contributed by atoms with Crippen LogP contribution in [0.5, 0.6) is 0 Å². The first-order chi connectivity index (χ1) is 6.24. The van der Waals surface area contributed by atoms with Gasteiger partial charge in [-0.15, -0.1) is 0 Å². The van der Waals surface area contributed by atoms with Crippen molar-refractivity contribution in [3.05, 3.63) is 12.2 Å². The Bertz CT molecular complexity index is 200. The highest BCUT2D eigenvalue weighted by molar-refractivity contribution is 5.72. The van der Waals surface area contributed by atoms with Crippen LogP contribution < -0.4 is 0 Å². The Kier molecular flexibility index (Phi) is 3.92. The molecule has 0 aromatic carbocycles. The molecule has 1 aliphatic carbocycles. The number of hydrogen-bond acceptors (Lipinski definition) is 4. The maximum Gasteiger partial charge on any atom is 0.363 e. The molecule has 1 rings (SSSR count). The van der Waals surface area contributed by atoms with Gasteiger partial charge in [-0.05, 0) is 12.8 Å². The van der Waals surface area contributed by atoms with Crippen LogP contribution in [-0.4, -0.2) is 31.1 Å². The van der Waals surface area contributed by atoms with Crippen molar-refractivity contribution in [3.8, 4) is 0 Å². The lowest BCUT2D eigenvalue weighted by Gasteiger charge is -2.12. The van der Waals surface area contributed by atoms with Crippen LogP contribution in [0.2, 0.25) is 0 Å². The van der Waals surface area contributed by atoms with Gasteiger partial charge in [0.05, 0.1) is 13.7 Å². The Morgan fingerprint density at radius 2 is 2.54 bits per heavy atom. The van der Waals surface area contributed by atoms with Crippen molar-refractivity contribution in [2.45, 2.75) is 19.1 Å². The Morgan fingerprint density at radius 3 is 3.08 bits per heavy atom. The number of esters is 1. The molecule has 0 saturated carbocycles. The average Bonchev–Trinajstić information content (AvgIpc) is 2.65. The normalized spacial score (nSPS) is 23.1. The van der Waals surface area contributed by atoms with Crippen molar-refractivity contribution in [1.82, 2.24) is 0 Å². The Balaban J connectivity index is 2.17. The summed E-state index contributed by atoms with van der Waals surface area (Å²) in [5.74, 6) is -0.429. The third-order valence-electron chi connectivity index (χ3n) is 1.98. The van der Waals surface area contributed by atoms with E-state index in [1.807, 2.05) is 6.08 Å². The maximum absolute atomic E-state index is 10.7. The van der Waals surface area contributed by atoms with Crippen molar-refractivity contribution in [2.75, 3.05) is 13.7 Å². The van der Waals surface area contributed by atoms with Crippen molar-refractivity contribution >= 4 is 5.97 Å². The third-order valence-corrected chi connectivity index (χ3v) is 1.98. The van der Waals surface area contributed by atoms with Crippen LogP contribution in [0.3, 0.4) is 0 Å². The van der Waals surface area contributed by atoms with Crippen LogP contribution in [0.4, 0.5) is 0 Å². The second kappa shape index (κ2) is 4.99. The van der Waals surface area contributed by atoms with E-state index in [2.05, 4.69) is 10.8 Å². The predicted octanol–water partition coefficient (Wildman–Crippen LogP) is 0.461. The van der Waals surface area contributed by atoms with E-state index >= 15 is 0 Å². The molecule has 0 aromatic rings. The standard InChI is InChI=1S/C9H14O4/c1-12-8(10)9(11)13-6-7-4-2-3-5-7/h2,4,7,9,11H,3,5-6H2,1H3. The molecule has 0 fully saturated rings. The summed E-state index contributed by atoms with van der Waals surface area (Å²) in [4.78, 5) is 10.7. The second-order valence-corrected chi connectivity index (χ2v) is 2.97. The zero-order valence-electron chi connectivity index (χ0n) is 7.60. The summed E-state index contributed by atoms with van der Waals surface area (Å²) in [7, 11) is 1.21. The summed E-state index contributed by atoms with van der Waals surface area (Å²) in [6, 6.07) is 0. The van der Waals surface area contributed by atoms with Crippen LogP contribution in [0.1, 0.15) is 12.8 Å². The van der Waals surface area contributed by atoms with Gasteiger partial charge in [-0.3, -0.25) is 0 Å². The minimum Gasteiger partial charge on any atom is -0.465 e. The van der Waals surface area contributed by atoms with Crippen LogP contribution in [-0.2, 0) is 14.3 Å². The summed E-state index contributed by atoms with van der Waals surface area (Å²) in [6.07, 6.45) is 4.72. The van der Waals surface area contributed by atoms with Gasteiger partial charge in [-0.2, -0.15) is 0 Å². The number of methoxy groups -OCH3 is 1. The number of aliphatic hydroxyl groups is 1. The highest BCUT2D eigenvalue weighted by Crippen LogP contribution is 2.17. The summed E-state index contributed by atoms with van der Waals surface area (Å²) in [5.41, 5.74) is 0. The number of ether oxygens (including phenoxy) is 2. The van der Waals surface area contributed by atoms with Gasteiger partial charge in [0, 0.05) is 5.92 Å². The molecule has 0 saturated heterocycles. The second-order valence-electron chi connectivity index (χ2n) is 2.97. The fourth-order valence-electron chi connectivity index (χ4n) is 1.22. The SMILES string of the molecule is COC(=O)C(O)OCC1C=CCC1. The van der Waals surface area contributed by atoms with Crippen molar-refractivity contribution in [1.29, 1.82) is 0 Å². The van der Waals surface area contributed by atoms with Crippen molar-refractivity contribution < 1.29 is 19.4 Å². The van der Waals surface area contributed by atoms with Gasteiger partial charge in [-0.1, -0.05) is 12.2 Å². The molecule has 2 atom stereocenters. The summed E-state index contributed by atoms with van der Waals surface area (Å²) in [6.45, 7) is 0.368. The van der Waals surface area contributed by atoms with Crippen LogP contribution in [0.15, 0.2) is 12.2 Å². The molecule has 74 valence electrons. The Hall–Kier alpha value is -0.870. The third kappa shape index (κ3) is 3.16. The smallest absolute Gasteiger partial charge is 0.363 e. The van der Waals surface area contributed by atoms with E-state index in [9.17, 15) is 4.79 Å². The van der Waals surface area contributed by atoms with Gasteiger partial charge in [0.1, 0.15) is 0 Å². The molecule has 0 heterocycles. The summed E-state index contributed by atoms with van der Waals surface area (Å²) < 4.78 is 9.20. The Morgan fingerprint density at radius 1 is 1.77 bits per heavy atom. The molecule has 0 aliphatic heterocycles. The van der Waals surface area contributed by atoms with E-state index in [0.29, 0.717) is 12.5 Å². The summed E-state index contributed by atoms with van der Waals surface area (Å²) >= 11 is 0. The molecular weight excluding hydrogens is 172 g/mol. The molecule has 0 spiro atoms. The lowest BCUT2D eigenvalue weighted by Crippen LogP contribution is -2.26. The highest BCUT2D eigenvalue weighted by Gasteiger charge is 2.18. The molecule has 0 amide bonds. The van der Waals surface area contributed by atoms with Crippen LogP contribution in [0.25, 0.3) is 0 Å². The molecule has 13 heavy (non-hydrogen) atoms. The minimum atomic E-state index is -1.45. The Labute approximate surface area is 77.1 Å². The molecule has 1 aliphatic rings. The van der Waals surface area contributed by atoms with Gasteiger partial charge >= 0.3 is 5.97 Å². The lowest BCUT2D eigenvalue weighted by molar-refractivity contribution is -0.181. The molecule has 1 N–H and O–H groups in total. The fourth-order valence-corrected chi connectivity index (χ4v) is 1.22. The lowest BCUT2D eigenvalue weighted by atomic mass is 10.1. The van der Waals surface area contributed by atoms with E-state index in [1.165, 1.54) is 7.11 Å². The van der Waals surface area contributed by atoms with Gasteiger partial charge in [-0.25, -0.2) is 4.79 Å². The topological polar surface area (TPSA) is 55.8 Å². The monoisotopic (exact) mass is 186 g/mol. The van der Waals surface area contributed by atoms with E-state index < -0.39 is 12.3 Å². The number of carbonyl (C=O) groups is 1. The molecule has 0 aromatic heterocycles. The number of carbonyl (C=O) groups excluding carboxylic acids is 1. The first-order valence-electron chi connectivity index (χ1n) is 4.28. The van der Waals surface area contributed by atoms with Crippen LogP contribution in [0, 0.1) is 5.92 Å².